The first kappa shape index (κ1) is 23.1. The largest absolute Gasteiger partial charge is 0.309 e. The van der Waals surface area contributed by atoms with Crippen LogP contribution in [0.1, 0.15) is 30.0 Å². The van der Waals surface area contributed by atoms with Crippen molar-refractivity contribution in [2.75, 3.05) is 30.7 Å². The minimum Gasteiger partial charge on any atom is -0.309 e. The fourth-order valence-corrected chi connectivity index (χ4v) is 6.71. The Balaban J connectivity index is 1.07. The second kappa shape index (κ2) is 9.27. The molecule has 3 aromatic rings. The van der Waals surface area contributed by atoms with Gasteiger partial charge in [0, 0.05) is 47.7 Å². The van der Waals surface area contributed by atoms with Crippen molar-refractivity contribution < 1.29 is 9.18 Å². The first-order valence-electron chi connectivity index (χ1n) is 11.7. The maximum atomic E-state index is 14.7. The Morgan fingerprint density at radius 3 is 2.91 bits per heavy atom. The van der Waals surface area contributed by atoms with E-state index >= 15 is 0 Å². The highest BCUT2D eigenvalue weighted by Gasteiger charge is 2.31. The van der Waals surface area contributed by atoms with Gasteiger partial charge in [0.25, 0.3) is 5.56 Å². The third-order valence-corrected chi connectivity index (χ3v) is 8.77. The van der Waals surface area contributed by atoms with Gasteiger partial charge in [-0.1, -0.05) is 0 Å². The van der Waals surface area contributed by atoms with E-state index in [4.69, 9.17) is 0 Å². The summed E-state index contributed by atoms with van der Waals surface area (Å²) in [5.41, 5.74) is 2.72. The monoisotopic (exact) mass is 558 g/mol. The number of carbonyl (C=O) groups excluding carboxylic acids is 1. The van der Waals surface area contributed by atoms with E-state index in [1.54, 1.807) is 10.6 Å². The molecule has 1 amide bonds. The lowest BCUT2D eigenvalue weighted by Gasteiger charge is -2.34. The number of nitrogens with one attached hydrogen (secondary N) is 2. The SMILES string of the molecule is O=C1CSc2cc(Br)c(CNC3CCN(C[C@@H]4Cn5c(=O)ccc6ncc(F)c4c65)CC3)nc2N1. The van der Waals surface area contributed by atoms with Crippen molar-refractivity contribution >= 4 is 50.5 Å². The molecule has 35 heavy (non-hydrogen) atoms. The molecule has 0 radical (unpaired) electrons. The molecule has 1 atom stereocenters. The zero-order valence-corrected chi connectivity index (χ0v) is 21.3. The average molecular weight is 559 g/mol. The van der Waals surface area contributed by atoms with E-state index in [-0.39, 0.29) is 23.2 Å². The summed E-state index contributed by atoms with van der Waals surface area (Å²) in [4.78, 5) is 36.2. The van der Waals surface area contributed by atoms with Gasteiger partial charge in [-0.05, 0) is 54.0 Å². The van der Waals surface area contributed by atoms with Crippen LogP contribution < -0.4 is 16.2 Å². The maximum absolute atomic E-state index is 14.7. The lowest BCUT2D eigenvalue weighted by Crippen LogP contribution is -2.43. The molecule has 3 aliphatic heterocycles. The number of piperidine rings is 1. The normalized spacial score (nSPS) is 20.3. The molecule has 0 spiro atoms. The molecule has 1 saturated heterocycles. The van der Waals surface area contributed by atoms with E-state index in [1.807, 2.05) is 6.07 Å². The van der Waals surface area contributed by atoms with Gasteiger partial charge in [-0.3, -0.25) is 14.6 Å². The van der Waals surface area contributed by atoms with E-state index in [9.17, 15) is 14.0 Å². The summed E-state index contributed by atoms with van der Waals surface area (Å²) in [5.74, 6) is 0.651. The number of amides is 1. The third-order valence-electron chi connectivity index (χ3n) is 7.06. The molecule has 0 saturated carbocycles. The molecule has 0 unspecified atom stereocenters. The van der Waals surface area contributed by atoms with Crippen molar-refractivity contribution in [2.45, 2.75) is 42.8 Å². The Morgan fingerprint density at radius 2 is 2.09 bits per heavy atom. The Kier molecular flexibility index (Phi) is 6.11. The number of hydrogen-bond acceptors (Lipinski definition) is 7. The lowest BCUT2D eigenvalue weighted by atomic mass is 9.98. The molecule has 0 aromatic carbocycles. The summed E-state index contributed by atoms with van der Waals surface area (Å²) in [6.07, 6.45) is 3.23. The van der Waals surface area contributed by atoms with Crippen LogP contribution in [0.5, 0.6) is 0 Å². The number of hydrogen-bond donors (Lipinski definition) is 2. The van der Waals surface area contributed by atoms with Crippen LogP contribution in [0, 0.1) is 5.82 Å². The van der Waals surface area contributed by atoms with Crippen molar-refractivity contribution in [3.63, 3.8) is 0 Å². The molecule has 0 aliphatic carbocycles. The summed E-state index contributed by atoms with van der Waals surface area (Å²) in [5, 5.41) is 6.45. The fourth-order valence-electron chi connectivity index (χ4n) is 5.31. The van der Waals surface area contributed by atoms with Crippen molar-refractivity contribution in [3.8, 4) is 0 Å². The maximum Gasteiger partial charge on any atom is 0.251 e. The van der Waals surface area contributed by atoms with Crippen LogP contribution in [0.3, 0.4) is 0 Å². The van der Waals surface area contributed by atoms with Gasteiger partial charge in [0.1, 0.15) is 11.6 Å². The number of anilines is 1. The van der Waals surface area contributed by atoms with Gasteiger partial charge >= 0.3 is 0 Å². The second-order valence-electron chi connectivity index (χ2n) is 9.29. The third kappa shape index (κ3) is 4.39. The summed E-state index contributed by atoms with van der Waals surface area (Å²) in [6.45, 7) is 3.64. The minimum atomic E-state index is -0.325. The van der Waals surface area contributed by atoms with Crippen LogP contribution in [-0.2, 0) is 17.9 Å². The Labute approximate surface area is 213 Å². The summed E-state index contributed by atoms with van der Waals surface area (Å²) in [6, 6.07) is 5.57. The van der Waals surface area contributed by atoms with E-state index in [2.05, 4.69) is 41.4 Å². The van der Waals surface area contributed by atoms with Crippen molar-refractivity contribution in [1.29, 1.82) is 0 Å². The van der Waals surface area contributed by atoms with Gasteiger partial charge in [-0.15, -0.1) is 11.8 Å². The van der Waals surface area contributed by atoms with Crippen LogP contribution in [0.2, 0.25) is 0 Å². The standard InChI is InChI=1S/C24H24BrFN6O2S/c25-15-7-19-24(30-20(33)12-35-19)29-18(15)9-27-14-3-5-31(6-4-14)10-13-11-32-21(34)2-1-17-23(32)22(13)16(26)8-28-17/h1-2,7-8,13-14,27H,3-6,9-12H2,(H,29,30,33)/t13-/m1/s1. The predicted molar refractivity (Wildman–Crippen MR) is 136 cm³/mol. The predicted octanol–water partition coefficient (Wildman–Crippen LogP) is 3.09. The molecule has 11 heteroatoms. The number of nitrogens with zero attached hydrogens (tertiary/aromatic N) is 4. The van der Waals surface area contributed by atoms with Gasteiger partial charge in [-0.25, -0.2) is 9.37 Å². The van der Waals surface area contributed by atoms with Crippen LogP contribution >= 0.6 is 27.7 Å². The van der Waals surface area contributed by atoms with Crippen molar-refractivity contribution in [1.82, 2.24) is 24.8 Å². The zero-order chi connectivity index (χ0) is 24.1. The van der Waals surface area contributed by atoms with Crippen LogP contribution in [0.4, 0.5) is 10.2 Å². The molecule has 6 rings (SSSR count). The van der Waals surface area contributed by atoms with Crippen molar-refractivity contribution in [3.05, 3.63) is 56.3 Å². The van der Waals surface area contributed by atoms with E-state index in [1.165, 1.54) is 24.0 Å². The van der Waals surface area contributed by atoms with E-state index in [0.29, 0.717) is 47.3 Å². The summed E-state index contributed by atoms with van der Waals surface area (Å²) >= 11 is 5.11. The lowest BCUT2D eigenvalue weighted by molar-refractivity contribution is -0.113. The Bertz CT molecular complexity index is 1390. The van der Waals surface area contributed by atoms with Crippen molar-refractivity contribution in [2.24, 2.45) is 0 Å². The topological polar surface area (TPSA) is 92.2 Å². The number of thioether (sulfide) groups is 1. The summed E-state index contributed by atoms with van der Waals surface area (Å²) in [7, 11) is 0. The summed E-state index contributed by atoms with van der Waals surface area (Å²) < 4.78 is 17.3. The number of carbonyl (C=O) groups is 1. The van der Waals surface area contributed by atoms with Gasteiger partial charge < -0.3 is 20.1 Å². The number of fused-ring (bicyclic) bond motifs is 1. The number of aromatic nitrogens is 3. The molecule has 8 nitrogen and oxygen atoms in total. The molecule has 182 valence electrons. The van der Waals surface area contributed by atoms with Gasteiger partial charge in [-0.2, -0.15) is 0 Å². The first-order chi connectivity index (χ1) is 17.0. The molecule has 3 aliphatic rings. The van der Waals surface area contributed by atoms with Gasteiger partial charge in [0.05, 0.1) is 33.6 Å². The second-order valence-corrected chi connectivity index (χ2v) is 11.2. The van der Waals surface area contributed by atoms with E-state index < -0.39 is 0 Å². The fraction of sp³-hybridized carbons (Fsp3) is 0.417. The molecule has 3 aromatic heterocycles. The van der Waals surface area contributed by atoms with Crippen LogP contribution in [0.15, 0.2) is 38.6 Å². The number of rotatable bonds is 5. The van der Waals surface area contributed by atoms with Gasteiger partial charge in [0.15, 0.2) is 0 Å². The minimum absolute atomic E-state index is 0.0220. The van der Waals surface area contributed by atoms with Crippen LogP contribution in [0.25, 0.3) is 11.0 Å². The van der Waals surface area contributed by atoms with Gasteiger partial charge in [0.2, 0.25) is 5.91 Å². The zero-order valence-electron chi connectivity index (χ0n) is 18.9. The average Bonchev–Trinajstić information content (AvgIpc) is 3.24. The Hall–Kier alpha value is -2.34. The number of halogens is 2. The van der Waals surface area contributed by atoms with Crippen LogP contribution in [-0.4, -0.2) is 56.8 Å². The molecule has 2 N–H and O–H groups in total. The Morgan fingerprint density at radius 1 is 1.26 bits per heavy atom. The smallest absolute Gasteiger partial charge is 0.251 e. The highest BCUT2D eigenvalue weighted by Crippen LogP contribution is 2.35. The highest BCUT2D eigenvalue weighted by atomic mass is 79.9. The molecular formula is C24H24BrFN6O2S. The number of pyridine rings is 3. The van der Waals surface area contributed by atoms with E-state index in [0.717, 1.165) is 47.5 Å². The quantitative estimate of drug-likeness (QED) is 0.497. The first-order valence-corrected chi connectivity index (χ1v) is 13.5. The molecule has 6 heterocycles. The molecular weight excluding hydrogens is 535 g/mol. The molecule has 0 bridgehead atoms. The number of likely N-dealkylation sites (tertiary alicyclic amines) is 1. The molecule has 1 fully saturated rings. The highest BCUT2D eigenvalue weighted by molar-refractivity contribution is 9.10.